The molecule has 2 atom stereocenters. The lowest BCUT2D eigenvalue weighted by atomic mass is 10.00. The summed E-state index contributed by atoms with van der Waals surface area (Å²) < 4.78 is 0. The highest BCUT2D eigenvalue weighted by Gasteiger charge is 2.25. The van der Waals surface area contributed by atoms with E-state index in [0.29, 0.717) is 5.56 Å². The summed E-state index contributed by atoms with van der Waals surface area (Å²) in [4.78, 5) is 10.2. The fourth-order valence-electron chi connectivity index (χ4n) is 1.79. The molecule has 88 valence electrons. The second-order valence-corrected chi connectivity index (χ2v) is 4.08. The van der Waals surface area contributed by atoms with Gasteiger partial charge in [0.25, 0.3) is 0 Å². The van der Waals surface area contributed by atoms with Gasteiger partial charge in [0.2, 0.25) is 6.04 Å². The standard InChI is InChI=1S/C13H13NO3/c1-9(14(16)17)13(15)12-7-6-10-4-2-3-5-11(10)8-12/h2-9,13,15H,1H3. The SMILES string of the molecule is CC(C(O)c1ccc2ccccc2c1)[N+](=O)[O-]. The molecule has 0 spiro atoms. The molecular formula is C13H13NO3. The zero-order chi connectivity index (χ0) is 12.4. The van der Waals surface area contributed by atoms with Gasteiger partial charge in [-0.1, -0.05) is 36.4 Å². The first-order chi connectivity index (χ1) is 8.09. The summed E-state index contributed by atoms with van der Waals surface area (Å²) in [6.45, 7) is 1.40. The molecule has 0 bridgehead atoms. The highest BCUT2D eigenvalue weighted by atomic mass is 16.6. The number of aliphatic hydroxyl groups excluding tert-OH is 1. The van der Waals surface area contributed by atoms with E-state index in [0.717, 1.165) is 10.8 Å². The van der Waals surface area contributed by atoms with Crippen LogP contribution in [0.1, 0.15) is 18.6 Å². The Morgan fingerprint density at radius 3 is 2.47 bits per heavy atom. The number of fused-ring (bicyclic) bond motifs is 1. The van der Waals surface area contributed by atoms with Crippen molar-refractivity contribution in [1.29, 1.82) is 0 Å². The van der Waals surface area contributed by atoms with E-state index in [2.05, 4.69) is 0 Å². The van der Waals surface area contributed by atoms with Crippen LogP contribution in [0.4, 0.5) is 0 Å². The largest absolute Gasteiger partial charge is 0.381 e. The molecule has 2 aromatic rings. The molecule has 0 heterocycles. The van der Waals surface area contributed by atoms with Crippen LogP contribution in [0.25, 0.3) is 10.8 Å². The summed E-state index contributed by atoms with van der Waals surface area (Å²) in [5.74, 6) is 0. The third-order valence-corrected chi connectivity index (χ3v) is 2.90. The predicted molar refractivity (Wildman–Crippen MR) is 65.4 cm³/mol. The lowest BCUT2D eigenvalue weighted by Gasteiger charge is -2.13. The Morgan fingerprint density at radius 1 is 1.18 bits per heavy atom. The minimum Gasteiger partial charge on any atom is -0.381 e. The van der Waals surface area contributed by atoms with E-state index in [-0.39, 0.29) is 0 Å². The van der Waals surface area contributed by atoms with E-state index in [9.17, 15) is 15.2 Å². The van der Waals surface area contributed by atoms with Gasteiger partial charge in [0, 0.05) is 11.8 Å². The maximum Gasteiger partial charge on any atom is 0.239 e. The van der Waals surface area contributed by atoms with Crippen molar-refractivity contribution in [3.8, 4) is 0 Å². The summed E-state index contributed by atoms with van der Waals surface area (Å²) in [7, 11) is 0. The topological polar surface area (TPSA) is 63.4 Å². The maximum absolute atomic E-state index is 10.6. The van der Waals surface area contributed by atoms with Crippen molar-refractivity contribution in [2.24, 2.45) is 0 Å². The number of nitrogens with zero attached hydrogens (tertiary/aromatic N) is 1. The van der Waals surface area contributed by atoms with Crippen molar-refractivity contribution >= 4 is 10.8 Å². The normalized spacial score (nSPS) is 14.5. The van der Waals surface area contributed by atoms with Gasteiger partial charge in [-0.15, -0.1) is 0 Å². The van der Waals surface area contributed by atoms with E-state index in [1.165, 1.54) is 6.92 Å². The Balaban J connectivity index is 2.39. The Kier molecular flexibility index (Phi) is 3.06. The van der Waals surface area contributed by atoms with E-state index >= 15 is 0 Å². The molecule has 0 amide bonds. The number of aliphatic hydroxyl groups is 1. The van der Waals surface area contributed by atoms with Crippen molar-refractivity contribution < 1.29 is 10.0 Å². The fourth-order valence-corrected chi connectivity index (χ4v) is 1.79. The number of hydrogen-bond donors (Lipinski definition) is 1. The maximum atomic E-state index is 10.6. The number of hydrogen-bond acceptors (Lipinski definition) is 3. The van der Waals surface area contributed by atoms with Crippen LogP contribution in [0.15, 0.2) is 42.5 Å². The molecule has 0 aromatic heterocycles. The lowest BCUT2D eigenvalue weighted by Crippen LogP contribution is -2.23. The Bertz CT molecular complexity index is 553. The Labute approximate surface area is 98.7 Å². The molecule has 0 radical (unpaired) electrons. The lowest BCUT2D eigenvalue weighted by molar-refractivity contribution is -0.531. The highest BCUT2D eigenvalue weighted by Crippen LogP contribution is 2.23. The first-order valence-electron chi connectivity index (χ1n) is 5.40. The van der Waals surface area contributed by atoms with Crippen molar-refractivity contribution in [2.45, 2.75) is 19.1 Å². The molecule has 0 aliphatic rings. The van der Waals surface area contributed by atoms with Crippen LogP contribution in [-0.4, -0.2) is 16.1 Å². The van der Waals surface area contributed by atoms with E-state index in [4.69, 9.17) is 0 Å². The van der Waals surface area contributed by atoms with Gasteiger partial charge >= 0.3 is 0 Å². The molecule has 2 unspecified atom stereocenters. The minimum absolute atomic E-state index is 0.472. The number of benzene rings is 2. The van der Waals surface area contributed by atoms with Crippen molar-refractivity contribution in [3.63, 3.8) is 0 Å². The minimum atomic E-state index is -1.07. The third kappa shape index (κ3) is 2.26. The Morgan fingerprint density at radius 2 is 1.82 bits per heavy atom. The molecule has 0 saturated heterocycles. The molecule has 4 heteroatoms. The first kappa shape index (κ1) is 11.5. The molecule has 0 fully saturated rings. The molecule has 0 aliphatic carbocycles. The van der Waals surface area contributed by atoms with Crippen LogP contribution in [0.2, 0.25) is 0 Å². The summed E-state index contributed by atoms with van der Waals surface area (Å²) in [5, 5.41) is 22.5. The summed E-state index contributed by atoms with van der Waals surface area (Å²) in [6.07, 6.45) is -1.07. The zero-order valence-electron chi connectivity index (χ0n) is 9.41. The van der Waals surface area contributed by atoms with E-state index < -0.39 is 17.1 Å². The zero-order valence-corrected chi connectivity index (χ0v) is 9.41. The van der Waals surface area contributed by atoms with Gasteiger partial charge < -0.3 is 5.11 Å². The van der Waals surface area contributed by atoms with Crippen LogP contribution >= 0.6 is 0 Å². The molecule has 2 rings (SSSR count). The number of rotatable bonds is 3. The first-order valence-corrected chi connectivity index (χ1v) is 5.40. The second-order valence-electron chi connectivity index (χ2n) is 4.08. The van der Waals surface area contributed by atoms with Gasteiger partial charge in [0.1, 0.15) is 6.10 Å². The van der Waals surface area contributed by atoms with Crippen molar-refractivity contribution in [3.05, 3.63) is 58.1 Å². The molecule has 2 aromatic carbocycles. The van der Waals surface area contributed by atoms with Gasteiger partial charge in [0.05, 0.1) is 0 Å². The van der Waals surface area contributed by atoms with Crippen LogP contribution in [0.3, 0.4) is 0 Å². The van der Waals surface area contributed by atoms with Gasteiger partial charge in [-0.25, -0.2) is 0 Å². The third-order valence-electron chi connectivity index (χ3n) is 2.90. The van der Waals surface area contributed by atoms with Crippen molar-refractivity contribution in [1.82, 2.24) is 0 Å². The molecule has 17 heavy (non-hydrogen) atoms. The monoisotopic (exact) mass is 231 g/mol. The van der Waals surface area contributed by atoms with Crippen LogP contribution in [0.5, 0.6) is 0 Å². The number of nitro groups is 1. The second kappa shape index (κ2) is 4.51. The summed E-state index contributed by atoms with van der Waals surface area (Å²) in [6, 6.07) is 12.1. The smallest absolute Gasteiger partial charge is 0.239 e. The van der Waals surface area contributed by atoms with E-state index in [1.807, 2.05) is 30.3 Å². The fraction of sp³-hybridized carbons (Fsp3) is 0.231. The van der Waals surface area contributed by atoms with Crippen LogP contribution in [-0.2, 0) is 0 Å². The molecule has 4 nitrogen and oxygen atoms in total. The van der Waals surface area contributed by atoms with Gasteiger partial charge in [-0.2, -0.15) is 0 Å². The van der Waals surface area contributed by atoms with Gasteiger partial charge in [-0.05, 0) is 22.4 Å². The van der Waals surface area contributed by atoms with E-state index in [1.54, 1.807) is 12.1 Å². The predicted octanol–water partition coefficient (Wildman–Crippen LogP) is 2.54. The van der Waals surface area contributed by atoms with Crippen LogP contribution in [0, 0.1) is 10.1 Å². The van der Waals surface area contributed by atoms with Gasteiger partial charge in [-0.3, -0.25) is 10.1 Å². The molecule has 0 saturated carbocycles. The molecular weight excluding hydrogens is 218 g/mol. The van der Waals surface area contributed by atoms with Gasteiger partial charge in [0.15, 0.2) is 0 Å². The summed E-state index contributed by atoms with van der Waals surface area (Å²) in [5.41, 5.74) is 0.577. The average molecular weight is 231 g/mol. The molecule has 1 N–H and O–H groups in total. The molecule has 0 aliphatic heterocycles. The summed E-state index contributed by atoms with van der Waals surface area (Å²) >= 11 is 0. The average Bonchev–Trinajstić information content (AvgIpc) is 2.36. The van der Waals surface area contributed by atoms with Crippen LogP contribution < -0.4 is 0 Å². The highest BCUT2D eigenvalue weighted by molar-refractivity contribution is 5.83. The quantitative estimate of drug-likeness (QED) is 0.652. The Hall–Kier alpha value is -1.94. The van der Waals surface area contributed by atoms with Crippen molar-refractivity contribution in [2.75, 3.05) is 0 Å².